The SMILES string of the molecule is COCC(Cc1ccc(C)cc1)n1c(=N)n(Cc2ccc(Cl)cc2)c2ccccc21. The Morgan fingerprint density at radius 3 is 2.20 bits per heavy atom. The number of nitrogens with one attached hydrogen (secondary N) is 1. The molecule has 0 aliphatic rings. The predicted molar refractivity (Wildman–Crippen MR) is 122 cm³/mol. The molecule has 3 aromatic carbocycles. The van der Waals surface area contributed by atoms with Crippen molar-refractivity contribution in [2.24, 2.45) is 0 Å². The number of hydrogen-bond donors (Lipinski definition) is 1. The lowest BCUT2D eigenvalue weighted by molar-refractivity contribution is 0.154. The second kappa shape index (κ2) is 8.90. The van der Waals surface area contributed by atoms with E-state index in [1.165, 1.54) is 11.1 Å². The van der Waals surface area contributed by atoms with Gasteiger partial charge in [-0.15, -0.1) is 0 Å². The number of para-hydroxylation sites is 2. The molecule has 0 amide bonds. The minimum Gasteiger partial charge on any atom is -0.383 e. The fourth-order valence-corrected chi connectivity index (χ4v) is 4.10. The van der Waals surface area contributed by atoms with Gasteiger partial charge >= 0.3 is 0 Å². The van der Waals surface area contributed by atoms with E-state index in [4.69, 9.17) is 21.7 Å². The van der Waals surface area contributed by atoms with E-state index in [0.717, 1.165) is 28.0 Å². The molecule has 1 unspecified atom stereocenters. The van der Waals surface area contributed by atoms with Crippen molar-refractivity contribution in [2.75, 3.05) is 13.7 Å². The van der Waals surface area contributed by atoms with E-state index in [1.807, 2.05) is 36.4 Å². The highest BCUT2D eigenvalue weighted by molar-refractivity contribution is 6.30. The van der Waals surface area contributed by atoms with Crippen molar-refractivity contribution in [3.63, 3.8) is 0 Å². The van der Waals surface area contributed by atoms with Crippen LogP contribution in [0.2, 0.25) is 5.02 Å². The van der Waals surface area contributed by atoms with Gasteiger partial charge in [-0.25, -0.2) is 0 Å². The van der Waals surface area contributed by atoms with Gasteiger partial charge in [0.2, 0.25) is 5.62 Å². The highest BCUT2D eigenvalue weighted by atomic mass is 35.5. The fraction of sp³-hybridized carbons (Fsp3) is 0.240. The van der Waals surface area contributed by atoms with Crippen molar-refractivity contribution >= 4 is 22.6 Å². The number of aromatic nitrogens is 2. The Morgan fingerprint density at radius 1 is 0.900 bits per heavy atom. The Bertz CT molecular complexity index is 1190. The minimum atomic E-state index is 0.0292. The number of fused-ring (bicyclic) bond motifs is 1. The molecule has 0 bridgehead atoms. The molecule has 0 spiro atoms. The largest absolute Gasteiger partial charge is 0.383 e. The van der Waals surface area contributed by atoms with E-state index >= 15 is 0 Å². The summed E-state index contributed by atoms with van der Waals surface area (Å²) in [5, 5.41) is 9.74. The van der Waals surface area contributed by atoms with Gasteiger partial charge in [0.05, 0.1) is 30.2 Å². The average molecular weight is 420 g/mol. The lowest BCUT2D eigenvalue weighted by Crippen LogP contribution is -2.31. The summed E-state index contributed by atoms with van der Waals surface area (Å²) >= 11 is 6.05. The molecular weight excluding hydrogens is 394 g/mol. The Hall–Kier alpha value is -2.82. The molecule has 5 heteroatoms. The summed E-state index contributed by atoms with van der Waals surface area (Å²) in [6.45, 7) is 3.25. The van der Waals surface area contributed by atoms with Gasteiger partial charge in [-0.3, -0.25) is 5.41 Å². The van der Waals surface area contributed by atoms with Crippen LogP contribution in [0.15, 0.2) is 72.8 Å². The van der Waals surface area contributed by atoms with Crippen LogP contribution in [-0.4, -0.2) is 22.9 Å². The Kier molecular flexibility index (Phi) is 6.07. The van der Waals surface area contributed by atoms with E-state index in [2.05, 4.69) is 52.5 Å². The molecule has 30 heavy (non-hydrogen) atoms. The molecule has 1 atom stereocenters. The normalized spacial score (nSPS) is 12.4. The van der Waals surface area contributed by atoms with E-state index < -0.39 is 0 Å². The number of nitrogens with zero attached hydrogens (tertiary/aromatic N) is 2. The summed E-state index contributed by atoms with van der Waals surface area (Å²) in [7, 11) is 1.72. The Labute approximate surface area is 181 Å². The maximum absolute atomic E-state index is 9.02. The zero-order valence-electron chi connectivity index (χ0n) is 17.3. The van der Waals surface area contributed by atoms with Crippen LogP contribution in [0.4, 0.5) is 0 Å². The molecule has 154 valence electrons. The molecule has 0 aliphatic carbocycles. The van der Waals surface area contributed by atoms with Gasteiger partial charge in [0, 0.05) is 12.1 Å². The molecule has 0 saturated heterocycles. The maximum Gasteiger partial charge on any atom is 0.203 e. The van der Waals surface area contributed by atoms with Crippen molar-refractivity contribution in [2.45, 2.75) is 25.9 Å². The smallest absolute Gasteiger partial charge is 0.203 e. The second-order valence-corrected chi connectivity index (χ2v) is 8.13. The Balaban J connectivity index is 1.78. The first-order valence-corrected chi connectivity index (χ1v) is 10.5. The van der Waals surface area contributed by atoms with E-state index in [9.17, 15) is 0 Å². The maximum atomic E-state index is 9.02. The van der Waals surface area contributed by atoms with Gasteiger partial charge < -0.3 is 13.9 Å². The van der Waals surface area contributed by atoms with Crippen LogP contribution in [0.5, 0.6) is 0 Å². The molecule has 0 fully saturated rings. The molecule has 1 aromatic heterocycles. The van der Waals surface area contributed by atoms with Gasteiger partial charge in [-0.1, -0.05) is 65.7 Å². The second-order valence-electron chi connectivity index (χ2n) is 7.69. The summed E-state index contributed by atoms with van der Waals surface area (Å²) < 4.78 is 9.73. The number of rotatable bonds is 7. The standard InChI is InChI=1S/C25H26ClN3O/c1-18-7-9-19(10-8-18)15-22(17-30-2)29-24-6-4-3-5-23(24)28(25(29)27)16-20-11-13-21(26)14-12-20/h3-14,22,27H,15-17H2,1-2H3. The number of halogens is 1. The minimum absolute atomic E-state index is 0.0292. The molecule has 0 aliphatic heterocycles. The molecule has 4 aromatic rings. The molecule has 4 rings (SSSR count). The number of benzene rings is 3. The van der Waals surface area contributed by atoms with Gasteiger partial charge in [-0.05, 0) is 48.7 Å². The predicted octanol–water partition coefficient (Wildman–Crippen LogP) is 5.36. The number of aryl methyl sites for hydroxylation is 1. The lowest BCUT2D eigenvalue weighted by Gasteiger charge is -2.19. The van der Waals surface area contributed by atoms with Crippen LogP contribution in [0.3, 0.4) is 0 Å². The van der Waals surface area contributed by atoms with Gasteiger partial charge in [0.25, 0.3) is 0 Å². The van der Waals surface area contributed by atoms with Crippen LogP contribution in [0.1, 0.15) is 22.7 Å². The zero-order valence-corrected chi connectivity index (χ0v) is 18.1. The van der Waals surface area contributed by atoms with E-state index in [1.54, 1.807) is 7.11 Å². The van der Waals surface area contributed by atoms with Crippen LogP contribution in [0, 0.1) is 12.3 Å². The van der Waals surface area contributed by atoms with Crippen molar-refractivity contribution in [1.29, 1.82) is 5.41 Å². The first-order chi connectivity index (χ1) is 14.6. The van der Waals surface area contributed by atoms with Crippen molar-refractivity contribution in [3.8, 4) is 0 Å². The number of ether oxygens (including phenoxy) is 1. The van der Waals surface area contributed by atoms with Gasteiger partial charge in [0.1, 0.15) is 0 Å². The molecule has 0 radical (unpaired) electrons. The highest BCUT2D eigenvalue weighted by Gasteiger charge is 2.19. The summed E-state index contributed by atoms with van der Waals surface area (Å²) in [6, 6.07) is 24.7. The first kappa shape index (κ1) is 20.5. The van der Waals surface area contributed by atoms with E-state index in [0.29, 0.717) is 18.8 Å². The number of hydrogen-bond acceptors (Lipinski definition) is 2. The monoisotopic (exact) mass is 419 g/mol. The third-order valence-corrected chi connectivity index (χ3v) is 5.74. The molecular formula is C25H26ClN3O. The van der Waals surface area contributed by atoms with Crippen LogP contribution < -0.4 is 5.62 Å². The quantitative estimate of drug-likeness (QED) is 0.430. The number of methoxy groups -OCH3 is 1. The van der Waals surface area contributed by atoms with Crippen LogP contribution >= 0.6 is 11.6 Å². The third kappa shape index (κ3) is 4.20. The highest BCUT2D eigenvalue weighted by Crippen LogP contribution is 2.22. The zero-order chi connectivity index (χ0) is 21.1. The molecule has 1 N–H and O–H groups in total. The summed E-state index contributed by atoms with van der Waals surface area (Å²) in [5.74, 6) is 0. The summed E-state index contributed by atoms with van der Waals surface area (Å²) in [6.07, 6.45) is 0.805. The summed E-state index contributed by atoms with van der Waals surface area (Å²) in [4.78, 5) is 0. The van der Waals surface area contributed by atoms with Crippen LogP contribution in [0.25, 0.3) is 11.0 Å². The number of imidazole rings is 1. The van der Waals surface area contributed by atoms with Gasteiger partial charge in [0.15, 0.2) is 0 Å². The lowest BCUT2D eigenvalue weighted by atomic mass is 10.0. The molecule has 1 heterocycles. The molecule has 0 saturated carbocycles. The van der Waals surface area contributed by atoms with Crippen molar-refractivity contribution in [1.82, 2.24) is 9.13 Å². The molecule has 4 nitrogen and oxygen atoms in total. The van der Waals surface area contributed by atoms with Crippen molar-refractivity contribution < 1.29 is 4.74 Å². The summed E-state index contributed by atoms with van der Waals surface area (Å²) in [5.41, 5.74) is 6.16. The van der Waals surface area contributed by atoms with Crippen molar-refractivity contribution in [3.05, 3.63) is 100 Å². The van der Waals surface area contributed by atoms with Crippen LogP contribution in [-0.2, 0) is 17.7 Å². The third-order valence-electron chi connectivity index (χ3n) is 5.49. The van der Waals surface area contributed by atoms with Gasteiger partial charge in [-0.2, -0.15) is 0 Å². The Morgan fingerprint density at radius 2 is 1.53 bits per heavy atom. The average Bonchev–Trinajstić information content (AvgIpc) is 3.02. The van der Waals surface area contributed by atoms with E-state index in [-0.39, 0.29) is 6.04 Å². The first-order valence-electron chi connectivity index (χ1n) is 10.1. The fourth-order valence-electron chi connectivity index (χ4n) is 3.97. The topological polar surface area (TPSA) is 42.9 Å².